The second-order valence-electron chi connectivity index (χ2n) is 7.28. The fourth-order valence-electron chi connectivity index (χ4n) is 3.24. The van der Waals surface area contributed by atoms with Crippen molar-refractivity contribution in [1.29, 1.82) is 0 Å². The fraction of sp³-hybridized carbons (Fsp3) is 0.706. The smallest absolute Gasteiger partial charge is 0.328 e. The van der Waals surface area contributed by atoms with Crippen LogP contribution in [0.5, 0.6) is 0 Å². The molecule has 0 aromatic carbocycles. The summed E-state index contributed by atoms with van der Waals surface area (Å²) < 4.78 is 10.2. The van der Waals surface area contributed by atoms with Gasteiger partial charge in [0.05, 0.1) is 13.2 Å². The highest BCUT2D eigenvalue weighted by atomic mass is 16.6. The van der Waals surface area contributed by atoms with Gasteiger partial charge in [-0.2, -0.15) is 0 Å². The van der Waals surface area contributed by atoms with Crippen LogP contribution in [0.4, 0.5) is 0 Å². The molecule has 0 aromatic heterocycles. The topological polar surface area (TPSA) is 98.9 Å². The molecular weight excluding hydrogens is 312 g/mol. The van der Waals surface area contributed by atoms with Crippen LogP contribution in [0, 0.1) is 5.92 Å². The molecule has 1 amide bonds. The molecule has 2 aliphatic heterocycles. The first kappa shape index (κ1) is 18.4. The Hall–Kier alpha value is -1.89. The lowest BCUT2D eigenvalue weighted by Crippen LogP contribution is -2.52. The van der Waals surface area contributed by atoms with Gasteiger partial charge in [-0.1, -0.05) is 12.2 Å². The van der Waals surface area contributed by atoms with Gasteiger partial charge in [-0.05, 0) is 40.0 Å². The standard InChI is InChI=1S/C17H26N2O5/c1-17(2,3)24-15(21)10-7-5-6-8-12-11(18)9-13(16(22)23-4)19(12)14(10)20/h5-6,10-13H,7-9,18H2,1-4H3. The Morgan fingerprint density at radius 1 is 1.21 bits per heavy atom. The lowest BCUT2D eigenvalue weighted by molar-refractivity contribution is -0.168. The van der Waals surface area contributed by atoms with Crippen molar-refractivity contribution in [2.45, 2.75) is 63.8 Å². The van der Waals surface area contributed by atoms with Gasteiger partial charge in [-0.15, -0.1) is 0 Å². The summed E-state index contributed by atoms with van der Waals surface area (Å²) in [5.74, 6) is -2.47. The zero-order valence-corrected chi connectivity index (χ0v) is 14.7. The number of ether oxygens (including phenoxy) is 2. The number of hydrogen-bond acceptors (Lipinski definition) is 6. The summed E-state index contributed by atoms with van der Waals surface area (Å²) in [6.45, 7) is 5.25. The minimum Gasteiger partial charge on any atom is -0.467 e. The number of nitrogens with two attached hydrogens (primary N) is 1. The van der Waals surface area contributed by atoms with Crippen molar-refractivity contribution in [3.8, 4) is 0 Å². The molecule has 134 valence electrons. The second kappa shape index (κ2) is 6.93. The van der Waals surface area contributed by atoms with Gasteiger partial charge in [0, 0.05) is 6.04 Å². The van der Waals surface area contributed by atoms with Crippen LogP contribution < -0.4 is 5.73 Å². The van der Waals surface area contributed by atoms with Crippen LogP contribution in [0.3, 0.4) is 0 Å². The van der Waals surface area contributed by atoms with Crippen LogP contribution in [-0.2, 0) is 23.9 Å². The molecule has 2 N–H and O–H groups in total. The molecule has 1 fully saturated rings. The highest BCUT2D eigenvalue weighted by Gasteiger charge is 2.49. The third-order valence-corrected chi connectivity index (χ3v) is 4.32. The van der Waals surface area contributed by atoms with Gasteiger partial charge < -0.3 is 20.1 Å². The Balaban J connectivity index is 2.31. The molecule has 0 saturated carbocycles. The lowest BCUT2D eigenvalue weighted by atomic mass is 9.97. The number of rotatable bonds is 2. The van der Waals surface area contributed by atoms with E-state index in [-0.39, 0.29) is 18.5 Å². The van der Waals surface area contributed by atoms with Gasteiger partial charge in [0.2, 0.25) is 5.91 Å². The van der Waals surface area contributed by atoms with E-state index < -0.39 is 35.4 Å². The van der Waals surface area contributed by atoms with Gasteiger partial charge in [0.25, 0.3) is 0 Å². The zero-order chi connectivity index (χ0) is 18.1. The molecule has 2 heterocycles. The fourth-order valence-corrected chi connectivity index (χ4v) is 3.24. The Morgan fingerprint density at radius 3 is 2.42 bits per heavy atom. The van der Waals surface area contributed by atoms with Gasteiger partial charge in [-0.3, -0.25) is 9.59 Å². The molecule has 0 bridgehead atoms. The Labute approximate surface area is 142 Å². The van der Waals surface area contributed by atoms with E-state index in [1.54, 1.807) is 20.8 Å². The van der Waals surface area contributed by atoms with Crippen LogP contribution in [0.1, 0.15) is 40.0 Å². The number of carbonyl (C=O) groups excluding carboxylic acids is 3. The molecule has 0 radical (unpaired) electrons. The van der Waals surface area contributed by atoms with Crippen molar-refractivity contribution >= 4 is 17.8 Å². The summed E-state index contributed by atoms with van der Waals surface area (Å²) >= 11 is 0. The van der Waals surface area contributed by atoms with Gasteiger partial charge in [0.15, 0.2) is 0 Å². The van der Waals surface area contributed by atoms with E-state index >= 15 is 0 Å². The Morgan fingerprint density at radius 2 is 1.83 bits per heavy atom. The van der Waals surface area contributed by atoms with Gasteiger partial charge >= 0.3 is 11.9 Å². The summed E-state index contributed by atoms with van der Waals surface area (Å²) in [7, 11) is 1.28. The third kappa shape index (κ3) is 3.77. The predicted molar refractivity (Wildman–Crippen MR) is 86.7 cm³/mol. The molecule has 0 aromatic rings. The largest absolute Gasteiger partial charge is 0.467 e. The zero-order valence-electron chi connectivity index (χ0n) is 14.7. The van der Waals surface area contributed by atoms with E-state index in [1.165, 1.54) is 12.0 Å². The highest BCUT2D eigenvalue weighted by Crippen LogP contribution is 2.31. The van der Waals surface area contributed by atoms with Crippen molar-refractivity contribution in [3.05, 3.63) is 12.2 Å². The van der Waals surface area contributed by atoms with Crippen LogP contribution in [-0.4, -0.2) is 53.6 Å². The lowest BCUT2D eigenvalue weighted by Gasteiger charge is -2.33. The van der Waals surface area contributed by atoms with Crippen molar-refractivity contribution in [3.63, 3.8) is 0 Å². The maximum Gasteiger partial charge on any atom is 0.328 e. The van der Waals surface area contributed by atoms with E-state index in [0.29, 0.717) is 12.8 Å². The molecule has 24 heavy (non-hydrogen) atoms. The molecule has 7 heteroatoms. The van der Waals surface area contributed by atoms with Gasteiger partial charge in [0.1, 0.15) is 17.6 Å². The van der Waals surface area contributed by atoms with E-state index in [2.05, 4.69) is 0 Å². The first-order valence-corrected chi connectivity index (χ1v) is 8.19. The highest BCUT2D eigenvalue weighted by molar-refractivity contribution is 6.00. The van der Waals surface area contributed by atoms with Crippen molar-refractivity contribution in [2.24, 2.45) is 11.7 Å². The molecule has 1 saturated heterocycles. The van der Waals surface area contributed by atoms with E-state index in [9.17, 15) is 14.4 Å². The first-order chi connectivity index (χ1) is 11.2. The summed E-state index contributed by atoms with van der Waals surface area (Å²) in [4.78, 5) is 39.0. The number of allylic oxidation sites excluding steroid dienone is 1. The molecule has 4 unspecified atom stereocenters. The Kier molecular flexibility index (Phi) is 5.32. The minimum atomic E-state index is -0.972. The van der Waals surface area contributed by atoms with E-state index in [0.717, 1.165) is 0 Å². The SMILES string of the molecule is COC(=O)C1CC(N)C2CC=CCC(C(=O)OC(C)(C)C)C(=O)N12. The quantitative estimate of drug-likeness (QED) is 0.453. The summed E-state index contributed by atoms with van der Waals surface area (Å²) in [6.07, 6.45) is 4.85. The monoisotopic (exact) mass is 338 g/mol. The molecule has 0 aliphatic carbocycles. The van der Waals surface area contributed by atoms with Crippen LogP contribution >= 0.6 is 0 Å². The number of amides is 1. The summed E-state index contributed by atoms with van der Waals surface area (Å²) in [5, 5.41) is 0. The predicted octanol–water partition coefficient (Wildman–Crippen LogP) is 0.764. The van der Waals surface area contributed by atoms with Crippen LogP contribution in [0.2, 0.25) is 0 Å². The Bertz CT molecular complexity index is 552. The molecule has 2 rings (SSSR count). The molecule has 0 spiro atoms. The van der Waals surface area contributed by atoms with Crippen LogP contribution in [0.15, 0.2) is 12.2 Å². The molecular formula is C17H26N2O5. The molecule has 2 aliphatic rings. The average molecular weight is 338 g/mol. The number of fused-ring (bicyclic) bond motifs is 1. The maximum absolute atomic E-state index is 13.0. The third-order valence-electron chi connectivity index (χ3n) is 4.32. The van der Waals surface area contributed by atoms with Crippen molar-refractivity contribution in [1.82, 2.24) is 4.90 Å². The average Bonchev–Trinajstić information content (AvgIpc) is 2.78. The normalized spacial score (nSPS) is 30.4. The number of methoxy groups -OCH3 is 1. The van der Waals surface area contributed by atoms with Gasteiger partial charge in [-0.25, -0.2) is 4.79 Å². The number of nitrogens with zero attached hydrogens (tertiary/aromatic N) is 1. The number of hydrogen-bond donors (Lipinski definition) is 1. The summed E-state index contributed by atoms with van der Waals surface area (Å²) in [5.41, 5.74) is 5.44. The number of carbonyl (C=O) groups is 3. The van der Waals surface area contributed by atoms with E-state index in [4.69, 9.17) is 15.2 Å². The maximum atomic E-state index is 13.0. The second-order valence-corrected chi connectivity index (χ2v) is 7.28. The van der Waals surface area contributed by atoms with Crippen molar-refractivity contribution in [2.75, 3.05) is 7.11 Å². The summed E-state index contributed by atoms with van der Waals surface area (Å²) in [6, 6.07) is -1.40. The minimum absolute atomic E-state index is 0.250. The molecule has 4 atom stereocenters. The van der Waals surface area contributed by atoms with Crippen molar-refractivity contribution < 1.29 is 23.9 Å². The number of esters is 2. The molecule has 7 nitrogen and oxygen atoms in total. The first-order valence-electron chi connectivity index (χ1n) is 8.19. The van der Waals surface area contributed by atoms with E-state index in [1.807, 2.05) is 12.2 Å². The van der Waals surface area contributed by atoms with Crippen LogP contribution in [0.25, 0.3) is 0 Å².